The van der Waals surface area contributed by atoms with Crippen LogP contribution in [0.15, 0.2) is 91.0 Å². The highest BCUT2D eigenvalue weighted by atomic mass is 16.5. The van der Waals surface area contributed by atoms with Crippen LogP contribution in [0.4, 0.5) is 0 Å². The molecule has 302 valence electrons. The van der Waals surface area contributed by atoms with Crippen LogP contribution in [-0.4, -0.2) is 62.3 Å². The second kappa shape index (κ2) is 14.0. The highest BCUT2D eigenvalue weighted by Crippen LogP contribution is 2.61. The van der Waals surface area contributed by atoms with Crippen LogP contribution in [0.5, 0.6) is 74.7 Å². The monoisotopic (exact) mass is 802 g/mol. The van der Waals surface area contributed by atoms with E-state index in [1.165, 1.54) is 60.7 Å². The summed E-state index contributed by atoms with van der Waals surface area (Å²) in [4.78, 5) is 0. The summed E-state index contributed by atoms with van der Waals surface area (Å²) in [6.45, 7) is 0. The molecule has 11 N–H and O–H groups in total. The van der Waals surface area contributed by atoms with Gasteiger partial charge in [-0.25, -0.2) is 0 Å². The van der Waals surface area contributed by atoms with Crippen LogP contribution in [-0.2, 0) is 6.42 Å². The van der Waals surface area contributed by atoms with Crippen LogP contribution in [0.25, 0.3) is 0 Å². The molecule has 3 aliphatic rings. The molecular formula is C45H38O14. The smallest absolute Gasteiger partial charge is 0.157 e. The van der Waals surface area contributed by atoms with E-state index < -0.39 is 65.0 Å². The standard InChI is InChI=1S/C45H38O14/c46-23-6-7-24-25(17-36(57-37(24)16-23)21-3-9-27(48)31(52)14-21)38-33(54)18-34(55)40-41(42(56)44(59-45(38)40)22-4-10-28(49)32(53)15-22)39-29(50)11-1-19-5-12-35(58-43(19)39)20-2-8-26(47)30(51)13-20/h1-4,6-11,13-16,18,25,35-36,41-42,44,46-56H,5,12,17H2. The molecule has 0 spiro atoms. The van der Waals surface area contributed by atoms with Crippen LogP contribution >= 0.6 is 0 Å². The molecule has 9 rings (SSSR count). The van der Waals surface area contributed by atoms with Gasteiger partial charge in [-0.3, -0.25) is 0 Å². The van der Waals surface area contributed by atoms with E-state index in [2.05, 4.69) is 0 Å². The summed E-state index contributed by atoms with van der Waals surface area (Å²) < 4.78 is 19.5. The quantitative estimate of drug-likeness (QED) is 0.0779. The third kappa shape index (κ3) is 6.24. The van der Waals surface area contributed by atoms with Gasteiger partial charge in [-0.1, -0.05) is 30.3 Å². The molecule has 6 unspecified atom stereocenters. The molecule has 0 bridgehead atoms. The van der Waals surface area contributed by atoms with Gasteiger partial charge in [-0.2, -0.15) is 0 Å². The molecule has 59 heavy (non-hydrogen) atoms. The lowest BCUT2D eigenvalue weighted by molar-refractivity contribution is 0.00475. The molecule has 6 aromatic carbocycles. The topological polar surface area (TPSA) is 250 Å². The molecular weight excluding hydrogens is 764 g/mol. The zero-order valence-electron chi connectivity index (χ0n) is 30.9. The van der Waals surface area contributed by atoms with Crippen LogP contribution < -0.4 is 14.2 Å². The number of hydrogen-bond donors (Lipinski definition) is 11. The second-order valence-corrected chi connectivity index (χ2v) is 15.1. The Balaban J connectivity index is 1.26. The van der Waals surface area contributed by atoms with Gasteiger partial charge >= 0.3 is 0 Å². The first-order valence-electron chi connectivity index (χ1n) is 18.8. The number of phenolic OH excluding ortho intramolecular Hbond substituents is 10. The number of ether oxygens (including phenoxy) is 3. The van der Waals surface area contributed by atoms with Gasteiger partial charge in [0.15, 0.2) is 40.6 Å². The van der Waals surface area contributed by atoms with Gasteiger partial charge in [-0.15, -0.1) is 0 Å². The largest absolute Gasteiger partial charge is 0.508 e. The maximum atomic E-state index is 12.5. The van der Waals surface area contributed by atoms with Crippen LogP contribution in [0.2, 0.25) is 0 Å². The molecule has 0 radical (unpaired) electrons. The lowest BCUT2D eigenvalue weighted by atomic mass is 9.74. The third-order valence-corrected chi connectivity index (χ3v) is 11.5. The van der Waals surface area contributed by atoms with Crippen LogP contribution in [0.3, 0.4) is 0 Å². The summed E-state index contributed by atoms with van der Waals surface area (Å²) >= 11 is 0. The van der Waals surface area contributed by atoms with E-state index in [0.29, 0.717) is 35.1 Å². The van der Waals surface area contributed by atoms with E-state index in [9.17, 15) is 56.2 Å². The SMILES string of the molecule is Oc1ccc2c(c1)OC(c1ccc(O)c(O)c1)CC2c1c(O)cc(O)c2c1OC(c1ccc(O)c(O)c1)C(O)C2c1c(O)ccc2c1OC(c1ccc(O)c(O)c1)CC2. The Hall–Kier alpha value is -7.32. The number of aromatic hydroxyl groups is 10. The van der Waals surface area contributed by atoms with E-state index in [0.717, 1.165) is 6.07 Å². The average molecular weight is 803 g/mol. The van der Waals surface area contributed by atoms with E-state index in [4.69, 9.17) is 14.2 Å². The molecule has 0 aliphatic carbocycles. The zero-order chi connectivity index (χ0) is 41.4. The Bertz CT molecular complexity index is 2660. The molecule has 0 saturated carbocycles. The van der Waals surface area contributed by atoms with E-state index in [1.807, 2.05) is 0 Å². The van der Waals surface area contributed by atoms with Crippen molar-refractivity contribution in [3.05, 3.63) is 136 Å². The molecule has 14 heteroatoms. The molecule has 14 nitrogen and oxygen atoms in total. The number of hydrogen-bond acceptors (Lipinski definition) is 14. The summed E-state index contributed by atoms with van der Waals surface area (Å²) in [6, 6.07) is 21.0. The van der Waals surface area contributed by atoms with Gasteiger partial charge in [0.25, 0.3) is 0 Å². The minimum absolute atomic E-state index is 0.0214. The second-order valence-electron chi connectivity index (χ2n) is 15.1. The van der Waals surface area contributed by atoms with Crippen molar-refractivity contribution in [1.29, 1.82) is 0 Å². The molecule has 0 fully saturated rings. The third-order valence-electron chi connectivity index (χ3n) is 11.5. The van der Waals surface area contributed by atoms with Crippen molar-refractivity contribution in [1.82, 2.24) is 0 Å². The van der Waals surface area contributed by atoms with Crippen molar-refractivity contribution < 1.29 is 70.4 Å². The molecule has 3 aliphatic heterocycles. The number of aryl methyl sites for hydroxylation is 1. The first-order chi connectivity index (χ1) is 28.3. The molecule has 0 amide bonds. The minimum atomic E-state index is -1.62. The summed E-state index contributed by atoms with van der Waals surface area (Å²) in [5.74, 6) is -5.54. The Labute approximate surface area is 335 Å². The molecule has 0 saturated heterocycles. The lowest BCUT2D eigenvalue weighted by Gasteiger charge is -2.42. The summed E-state index contributed by atoms with van der Waals surface area (Å²) in [7, 11) is 0. The first kappa shape index (κ1) is 37.3. The Morgan fingerprint density at radius 2 is 1.03 bits per heavy atom. The number of benzene rings is 6. The number of aliphatic hydroxyl groups excluding tert-OH is 1. The minimum Gasteiger partial charge on any atom is -0.508 e. The van der Waals surface area contributed by atoms with Gasteiger partial charge < -0.3 is 70.4 Å². The van der Waals surface area contributed by atoms with Gasteiger partial charge in [-0.05, 0) is 90.0 Å². The van der Waals surface area contributed by atoms with Gasteiger partial charge in [0.2, 0.25) is 0 Å². The fourth-order valence-corrected chi connectivity index (χ4v) is 8.67. The Morgan fingerprint density at radius 3 is 1.69 bits per heavy atom. The zero-order valence-corrected chi connectivity index (χ0v) is 30.9. The van der Waals surface area contributed by atoms with Crippen molar-refractivity contribution >= 4 is 0 Å². The van der Waals surface area contributed by atoms with Gasteiger partial charge in [0, 0.05) is 40.3 Å². The van der Waals surface area contributed by atoms with Crippen molar-refractivity contribution in [2.45, 2.75) is 55.5 Å². The molecule has 3 heterocycles. The fourth-order valence-electron chi connectivity index (χ4n) is 8.67. The van der Waals surface area contributed by atoms with Crippen molar-refractivity contribution in [3.63, 3.8) is 0 Å². The Morgan fingerprint density at radius 1 is 0.458 bits per heavy atom. The van der Waals surface area contributed by atoms with E-state index in [-0.39, 0.29) is 74.7 Å². The predicted octanol–water partition coefficient (Wildman–Crippen LogP) is 7.09. The lowest BCUT2D eigenvalue weighted by Crippen LogP contribution is -2.36. The summed E-state index contributed by atoms with van der Waals surface area (Å²) in [5, 5.41) is 120. The Kier molecular flexibility index (Phi) is 8.81. The summed E-state index contributed by atoms with van der Waals surface area (Å²) in [6.07, 6.45) is -3.52. The van der Waals surface area contributed by atoms with E-state index >= 15 is 0 Å². The van der Waals surface area contributed by atoms with Crippen molar-refractivity contribution in [3.8, 4) is 74.7 Å². The molecule has 0 aromatic heterocycles. The van der Waals surface area contributed by atoms with Crippen molar-refractivity contribution in [2.75, 3.05) is 0 Å². The summed E-state index contributed by atoms with van der Waals surface area (Å²) in [5.41, 5.74) is 2.51. The highest BCUT2D eigenvalue weighted by Gasteiger charge is 2.48. The maximum absolute atomic E-state index is 12.5. The maximum Gasteiger partial charge on any atom is 0.157 e. The van der Waals surface area contributed by atoms with Crippen LogP contribution in [0, 0.1) is 0 Å². The van der Waals surface area contributed by atoms with E-state index in [1.54, 1.807) is 24.3 Å². The predicted molar refractivity (Wildman–Crippen MR) is 208 cm³/mol. The molecule has 6 aromatic rings. The van der Waals surface area contributed by atoms with Crippen molar-refractivity contribution in [2.24, 2.45) is 0 Å². The molecule has 6 atom stereocenters. The fraction of sp³-hybridized carbons (Fsp3) is 0.200. The highest BCUT2D eigenvalue weighted by molar-refractivity contribution is 5.68. The normalized spacial score (nSPS) is 21.8. The first-order valence-corrected chi connectivity index (χ1v) is 18.8. The number of phenols is 10. The number of aliphatic hydroxyl groups is 1. The van der Waals surface area contributed by atoms with Crippen LogP contribution in [0.1, 0.15) is 87.5 Å². The number of rotatable bonds is 5. The van der Waals surface area contributed by atoms with Gasteiger partial charge in [0.05, 0.1) is 5.92 Å². The average Bonchev–Trinajstić information content (AvgIpc) is 3.20. The van der Waals surface area contributed by atoms with Gasteiger partial charge in [0.1, 0.15) is 58.6 Å². The number of fused-ring (bicyclic) bond motifs is 3.